The summed E-state index contributed by atoms with van der Waals surface area (Å²) in [6.45, 7) is 1.35. The van der Waals surface area contributed by atoms with E-state index in [1.807, 2.05) is 30.1 Å². The summed E-state index contributed by atoms with van der Waals surface area (Å²) in [4.78, 5) is 26.9. The summed E-state index contributed by atoms with van der Waals surface area (Å²) in [7, 11) is 1.92. The van der Waals surface area contributed by atoms with E-state index in [1.165, 1.54) is 0 Å². The third-order valence-corrected chi connectivity index (χ3v) is 6.54. The van der Waals surface area contributed by atoms with Crippen LogP contribution in [0.15, 0.2) is 24.3 Å². The zero-order chi connectivity index (χ0) is 19.6. The highest BCUT2D eigenvalue weighted by Gasteiger charge is 2.41. The highest BCUT2D eigenvalue weighted by Crippen LogP contribution is 2.37. The molecule has 4 rings (SSSR count). The number of amides is 2. The molecule has 6 heteroatoms. The predicted octanol–water partition coefficient (Wildman–Crippen LogP) is 2.91. The molecule has 2 amide bonds. The molecule has 1 aromatic carbocycles. The molecule has 0 bridgehead atoms. The first-order valence-electron chi connectivity index (χ1n) is 10.5. The molecule has 1 unspecified atom stereocenters. The van der Waals surface area contributed by atoms with E-state index in [0.717, 1.165) is 51.6 Å². The van der Waals surface area contributed by atoms with Gasteiger partial charge in [-0.05, 0) is 57.1 Å². The number of carbonyl (C=O) groups is 2. The molecule has 6 nitrogen and oxygen atoms in total. The van der Waals surface area contributed by atoms with Crippen molar-refractivity contribution < 1.29 is 19.1 Å². The number of hydrogen-bond acceptors (Lipinski definition) is 4. The number of nitrogens with one attached hydrogen (secondary N) is 1. The van der Waals surface area contributed by atoms with Crippen LogP contribution in [-0.2, 0) is 9.53 Å². The second-order valence-corrected chi connectivity index (χ2v) is 8.37. The number of benzene rings is 1. The Morgan fingerprint density at radius 2 is 2.04 bits per heavy atom. The molecule has 1 spiro atoms. The van der Waals surface area contributed by atoms with Crippen molar-refractivity contribution in [3.8, 4) is 5.75 Å². The number of para-hydroxylation sites is 1. The van der Waals surface area contributed by atoms with Crippen LogP contribution in [0.5, 0.6) is 5.75 Å². The second-order valence-electron chi connectivity index (χ2n) is 8.37. The number of rotatable bonds is 4. The van der Waals surface area contributed by atoms with Crippen LogP contribution in [0.2, 0.25) is 0 Å². The van der Waals surface area contributed by atoms with E-state index >= 15 is 0 Å². The molecule has 1 atom stereocenters. The smallest absolute Gasteiger partial charge is 0.255 e. The lowest BCUT2D eigenvalue weighted by atomic mass is 9.81. The van der Waals surface area contributed by atoms with Crippen molar-refractivity contribution in [2.24, 2.45) is 0 Å². The highest BCUT2D eigenvalue weighted by molar-refractivity contribution is 5.97. The van der Waals surface area contributed by atoms with Gasteiger partial charge in [0.05, 0.1) is 18.2 Å². The van der Waals surface area contributed by atoms with Gasteiger partial charge in [-0.3, -0.25) is 9.59 Å². The van der Waals surface area contributed by atoms with E-state index in [1.54, 1.807) is 6.07 Å². The fraction of sp³-hybridized carbons (Fsp3) is 0.636. The van der Waals surface area contributed by atoms with Crippen molar-refractivity contribution in [2.45, 2.75) is 69.1 Å². The molecule has 2 heterocycles. The molecule has 1 aromatic rings. The van der Waals surface area contributed by atoms with Gasteiger partial charge in [0.25, 0.3) is 5.91 Å². The lowest BCUT2D eigenvalue weighted by Gasteiger charge is -2.42. The number of hydrogen-bond donors (Lipinski definition) is 1. The maximum Gasteiger partial charge on any atom is 0.255 e. The Labute approximate surface area is 166 Å². The molecule has 1 saturated heterocycles. The van der Waals surface area contributed by atoms with Gasteiger partial charge >= 0.3 is 0 Å². The summed E-state index contributed by atoms with van der Waals surface area (Å²) in [6, 6.07) is 7.66. The molecule has 1 saturated carbocycles. The van der Waals surface area contributed by atoms with Crippen LogP contribution >= 0.6 is 0 Å². The van der Waals surface area contributed by atoms with Crippen LogP contribution < -0.4 is 10.1 Å². The maximum absolute atomic E-state index is 12.6. The third kappa shape index (κ3) is 4.02. The van der Waals surface area contributed by atoms with Gasteiger partial charge in [0.15, 0.2) is 0 Å². The Bertz CT molecular complexity index is 721. The lowest BCUT2D eigenvalue weighted by molar-refractivity contribution is -0.134. The minimum absolute atomic E-state index is 0.0731. The van der Waals surface area contributed by atoms with Gasteiger partial charge < -0.3 is 19.7 Å². The fourth-order valence-electron chi connectivity index (χ4n) is 4.68. The zero-order valence-corrected chi connectivity index (χ0v) is 16.6. The summed E-state index contributed by atoms with van der Waals surface area (Å²) in [5.74, 6) is 0.796. The summed E-state index contributed by atoms with van der Waals surface area (Å²) in [6.07, 6.45) is 7.27. The number of carbonyl (C=O) groups excluding carboxylic acids is 2. The third-order valence-electron chi connectivity index (χ3n) is 6.54. The predicted molar refractivity (Wildman–Crippen MR) is 105 cm³/mol. The van der Waals surface area contributed by atoms with E-state index < -0.39 is 0 Å². The first-order chi connectivity index (χ1) is 13.6. The van der Waals surface area contributed by atoms with Gasteiger partial charge in [-0.2, -0.15) is 0 Å². The van der Waals surface area contributed by atoms with E-state index in [4.69, 9.17) is 9.47 Å². The Hall–Kier alpha value is -2.08. The number of ether oxygens (including phenoxy) is 2. The maximum atomic E-state index is 12.6. The normalized spacial score (nSPS) is 29.5. The number of nitrogens with zero attached hydrogens (tertiary/aromatic N) is 1. The van der Waals surface area contributed by atoms with Crippen molar-refractivity contribution in [3.05, 3.63) is 29.8 Å². The van der Waals surface area contributed by atoms with Gasteiger partial charge in [-0.1, -0.05) is 12.1 Å². The molecular formula is C22H30N2O4. The highest BCUT2D eigenvalue weighted by atomic mass is 16.5. The van der Waals surface area contributed by atoms with E-state index in [0.29, 0.717) is 24.3 Å². The van der Waals surface area contributed by atoms with Crippen LogP contribution in [-0.4, -0.2) is 54.7 Å². The molecule has 2 fully saturated rings. The fourth-order valence-corrected chi connectivity index (χ4v) is 4.68. The van der Waals surface area contributed by atoms with Crippen molar-refractivity contribution in [1.82, 2.24) is 10.2 Å². The molecular weight excluding hydrogens is 356 g/mol. The zero-order valence-electron chi connectivity index (χ0n) is 16.6. The summed E-state index contributed by atoms with van der Waals surface area (Å²) in [5.41, 5.74) is 0.225. The minimum Gasteiger partial charge on any atom is -0.485 e. The average Bonchev–Trinajstić information content (AvgIpc) is 3.20. The molecule has 1 aliphatic carbocycles. The quantitative estimate of drug-likeness (QED) is 0.864. The lowest BCUT2D eigenvalue weighted by Crippen LogP contribution is -2.51. The van der Waals surface area contributed by atoms with Crippen molar-refractivity contribution in [1.29, 1.82) is 0 Å². The average molecular weight is 386 g/mol. The van der Waals surface area contributed by atoms with E-state index in [9.17, 15) is 9.59 Å². The standard InChI is InChI=1S/C22H30N2O4/c1-24(20(25)9-8-17-5-4-14-27-17)16-10-12-22(13-11-16)15-23-21(26)18-6-2-3-7-19(18)28-22/h2-3,6-7,16-17H,4-5,8-15H2,1H3,(H,23,26). The first-order valence-corrected chi connectivity index (χ1v) is 10.5. The molecule has 2 aliphatic heterocycles. The molecule has 3 aliphatic rings. The van der Waals surface area contributed by atoms with Crippen LogP contribution in [0.25, 0.3) is 0 Å². The number of fused-ring (bicyclic) bond motifs is 1. The van der Waals surface area contributed by atoms with Gasteiger partial charge in [-0.15, -0.1) is 0 Å². The largest absolute Gasteiger partial charge is 0.485 e. The van der Waals surface area contributed by atoms with Crippen LogP contribution in [0.3, 0.4) is 0 Å². The Kier molecular flexibility index (Phi) is 5.58. The van der Waals surface area contributed by atoms with Gasteiger partial charge in [0, 0.05) is 26.1 Å². The van der Waals surface area contributed by atoms with Crippen molar-refractivity contribution in [3.63, 3.8) is 0 Å². The molecule has 0 radical (unpaired) electrons. The van der Waals surface area contributed by atoms with Crippen molar-refractivity contribution in [2.75, 3.05) is 20.2 Å². The molecule has 0 aromatic heterocycles. The minimum atomic E-state index is -0.375. The Morgan fingerprint density at radius 1 is 1.25 bits per heavy atom. The summed E-state index contributed by atoms with van der Waals surface area (Å²) >= 11 is 0. The SMILES string of the molecule is CN(C(=O)CCC1CCCO1)C1CCC2(CC1)CNC(=O)c1ccccc1O2. The first kappa shape index (κ1) is 19.2. The summed E-state index contributed by atoms with van der Waals surface area (Å²) < 4.78 is 12.0. The molecule has 1 N–H and O–H groups in total. The van der Waals surface area contributed by atoms with Gasteiger partial charge in [0.1, 0.15) is 11.4 Å². The van der Waals surface area contributed by atoms with Crippen LogP contribution in [0.4, 0.5) is 0 Å². The van der Waals surface area contributed by atoms with E-state index in [2.05, 4.69) is 5.32 Å². The van der Waals surface area contributed by atoms with Gasteiger partial charge in [-0.25, -0.2) is 0 Å². The summed E-state index contributed by atoms with van der Waals surface area (Å²) in [5, 5.41) is 3.02. The Balaban J connectivity index is 1.33. The monoisotopic (exact) mass is 386 g/mol. The van der Waals surface area contributed by atoms with Crippen molar-refractivity contribution >= 4 is 11.8 Å². The second kappa shape index (κ2) is 8.11. The van der Waals surface area contributed by atoms with Gasteiger partial charge in [0.2, 0.25) is 5.91 Å². The van der Waals surface area contributed by atoms with Crippen LogP contribution in [0.1, 0.15) is 61.7 Å². The molecule has 152 valence electrons. The molecule has 28 heavy (non-hydrogen) atoms. The van der Waals surface area contributed by atoms with Crippen LogP contribution in [0, 0.1) is 0 Å². The Morgan fingerprint density at radius 3 is 2.79 bits per heavy atom. The van der Waals surface area contributed by atoms with E-state index in [-0.39, 0.29) is 29.6 Å². The topological polar surface area (TPSA) is 67.9 Å².